The van der Waals surface area contributed by atoms with Gasteiger partial charge in [-0.3, -0.25) is 9.69 Å². The number of piperidine rings is 1. The van der Waals surface area contributed by atoms with E-state index >= 15 is 0 Å². The van der Waals surface area contributed by atoms with Gasteiger partial charge in [0.2, 0.25) is 0 Å². The van der Waals surface area contributed by atoms with Gasteiger partial charge in [-0.25, -0.2) is 0 Å². The van der Waals surface area contributed by atoms with Gasteiger partial charge in [0.15, 0.2) is 5.78 Å². The van der Waals surface area contributed by atoms with E-state index in [4.69, 9.17) is 0 Å². The third-order valence-electron chi connectivity index (χ3n) is 3.18. The average molecular weight is 211 g/mol. The van der Waals surface area contributed by atoms with Crippen molar-refractivity contribution in [2.45, 2.75) is 47.5 Å². The molecule has 0 amide bonds. The highest BCUT2D eigenvalue weighted by atomic mass is 16.1. The zero-order chi connectivity index (χ0) is 11.7. The van der Waals surface area contributed by atoms with Crippen LogP contribution in [0.2, 0.25) is 0 Å². The summed E-state index contributed by atoms with van der Waals surface area (Å²) < 4.78 is 0. The van der Waals surface area contributed by atoms with Gasteiger partial charge in [0, 0.05) is 12.0 Å². The maximum Gasteiger partial charge on any atom is 0.152 e. The number of nitrogens with zero attached hydrogens (tertiary/aromatic N) is 1. The lowest BCUT2D eigenvalue weighted by atomic mass is 9.83. The molecule has 0 atom stereocenters. The molecule has 2 nitrogen and oxygen atoms in total. The number of hydrogen-bond acceptors (Lipinski definition) is 2. The van der Waals surface area contributed by atoms with Crippen molar-refractivity contribution >= 4 is 5.78 Å². The van der Waals surface area contributed by atoms with E-state index in [9.17, 15) is 4.79 Å². The number of Topliss-reactive ketones (excluding diaryl/α,β-unsaturated/α-hetero) is 1. The minimum absolute atomic E-state index is 0.193. The number of carbonyl (C=O) groups excluding carboxylic acids is 1. The molecule has 15 heavy (non-hydrogen) atoms. The molecular formula is C13H25NO. The van der Waals surface area contributed by atoms with Crippen molar-refractivity contribution in [2.75, 3.05) is 19.6 Å². The van der Waals surface area contributed by atoms with E-state index in [1.807, 2.05) is 20.8 Å². The zero-order valence-corrected chi connectivity index (χ0v) is 10.9. The van der Waals surface area contributed by atoms with Crippen LogP contribution in [0.3, 0.4) is 0 Å². The molecule has 1 rings (SSSR count). The van der Waals surface area contributed by atoms with Crippen LogP contribution in [0.25, 0.3) is 0 Å². The molecule has 1 aliphatic rings. The second-order valence-electron chi connectivity index (χ2n) is 6.65. The molecule has 1 heterocycles. The van der Waals surface area contributed by atoms with Crippen molar-refractivity contribution < 1.29 is 4.79 Å². The molecule has 0 unspecified atom stereocenters. The van der Waals surface area contributed by atoms with E-state index in [2.05, 4.69) is 18.7 Å². The van der Waals surface area contributed by atoms with Crippen molar-refractivity contribution in [2.24, 2.45) is 10.8 Å². The normalized spacial score (nSPS) is 22.7. The SMILES string of the molecule is CC1(C)CCCN(CC(=O)C(C)(C)C)C1. The second-order valence-corrected chi connectivity index (χ2v) is 6.65. The summed E-state index contributed by atoms with van der Waals surface area (Å²) in [4.78, 5) is 14.2. The first-order valence-electron chi connectivity index (χ1n) is 5.96. The standard InChI is InChI=1S/C13H25NO/c1-12(2,3)11(15)9-14-8-6-7-13(4,5)10-14/h6-10H2,1-5H3. The van der Waals surface area contributed by atoms with Crippen molar-refractivity contribution in [1.82, 2.24) is 4.90 Å². The first kappa shape index (κ1) is 12.7. The Bertz CT molecular complexity index is 237. The van der Waals surface area contributed by atoms with E-state index < -0.39 is 0 Å². The van der Waals surface area contributed by atoms with Crippen LogP contribution >= 0.6 is 0 Å². The molecule has 1 saturated heterocycles. The van der Waals surface area contributed by atoms with Crippen LogP contribution in [0, 0.1) is 10.8 Å². The summed E-state index contributed by atoms with van der Waals surface area (Å²) in [5.74, 6) is 0.361. The van der Waals surface area contributed by atoms with Gasteiger partial charge >= 0.3 is 0 Å². The number of rotatable bonds is 2. The van der Waals surface area contributed by atoms with Gasteiger partial charge in [-0.2, -0.15) is 0 Å². The quantitative estimate of drug-likeness (QED) is 0.700. The molecule has 0 bridgehead atoms. The monoisotopic (exact) mass is 211 g/mol. The summed E-state index contributed by atoms with van der Waals surface area (Å²) in [6.45, 7) is 13.4. The van der Waals surface area contributed by atoms with E-state index in [0.29, 0.717) is 17.7 Å². The summed E-state index contributed by atoms with van der Waals surface area (Å²) in [6, 6.07) is 0. The minimum Gasteiger partial charge on any atom is -0.298 e. The molecule has 1 aliphatic heterocycles. The predicted octanol–water partition coefficient (Wildman–Crippen LogP) is 2.72. The number of ketones is 1. The Morgan fingerprint density at radius 1 is 1.33 bits per heavy atom. The Balaban J connectivity index is 2.49. The Hall–Kier alpha value is -0.370. The van der Waals surface area contributed by atoms with Crippen molar-refractivity contribution in [3.8, 4) is 0 Å². The first-order valence-corrected chi connectivity index (χ1v) is 5.96. The maximum absolute atomic E-state index is 11.9. The van der Waals surface area contributed by atoms with Crippen molar-refractivity contribution in [3.63, 3.8) is 0 Å². The van der Waals surface area contributed by atoms with Gasteiger partial charge in [-0.1, -0.05) is 34.6 Å². The van der Waals surface area contributed by atoms with Gasteiger partial charge in [-0.15, -0.1) is 0 Å². The first-order chi connectivity index (χ1) is 6.71. The summed E-state index contributed by atoms with van der Waals surface area (Å²) in [7, 11) is 0. The molecule has 0 aromatic rings. The highest BCUT2D eigenvalue weighted by Crippen LogP contribution is 2.28. The van der Waals surface area contributed by atoms with E-state index in [1.54, 1.807) is 0 Å². The fourth-order valence-electron chi connectivity index (χ4n) is 2.12. The van der Waals surface area contributed by atoms with Crippen LogP contribution in [-0.4, -0.2) is 30.3 Å². The van der Waals surface area contributed by atoms with Gasteiger partial charge in [0.25, 0.3) is 0 Å². The molecule has 1 fully saturated rings. The molecule has 88 valence electrons. The smallest absolute Gasteiger partial charge is 0.152 e. The van der Waals surface area contributed by atoms with Crippen molar-refractivity contribution in [3.05, 3.63) is 0 Å². The van der Waals surface area contributed by atoms with Crippen LogP contribution < -0.4 is 0 Å². The molecule has 0 N–H and O–H groups in total. The van der Waals surface area contributed by atoms with Gasteiger partial charge in [0.05, 0.1) is 6.54 Å². The van der Waals surface area contributed by atoms with Gasteiger partial charge in [-0.05, 0) is 24.8 Å². The average Bonchev–Trinajstić information content (AvgIpc) is 2.00. The van der Waals surface area contributed by atoms with Crippen LogP contribution in [-0.2, 0) is 4.79 Å². The lowest BCUT2D eigenvalue weighted by Gasteiger charge is -2.38. The number of carbonyl (C=O) groups is 1. The molecule has 0 aromatic heterocycles. The Morgan fingerprint density at radius 3 is 2.40 bits per heavy atom. The van der Waals surface area contributed by atoms with Gasteiger partial charge < -0.3 is 0 Å². The zero-order valence-electron chi connectivity index (χ0n) is 10.9. The van der Waals surface area contributed by atoms with Gasteiger partial charge in [0.1, 0.15) is 0 Å². The third-order valence-corrected chi connectivity index (χ3v) is 3.18. The predicted molar refractivity (Wildman–Crippen MR) is 63.9 cm³/mol. The second kappa shape index (κ2) is 4.25. The third kappa shape index (κ3) is 3.94. The lowest BCUT2D eigenvalue weighted by molar-refractivity contribution is -0.128. The fourth-order valence-corrected chi connectivity index (χ4v) is 2.12. The molecule has 0 saturated carbocycles. The number of hydrogen-bond donors (Lipinski definition) is 0. The molecule has 2 heteroatoms. The maximum atomic E-state index is 11.9. The summed E-state index contributed by atoms with van der Waals surface area (Å²) >= 11 is 0. The van der Waals surface area contributed by atoms with E-state index in [0.717, 1.165) is 13.1 Å². The molecule has 0 aliphatic carbocycles. The Labute approximate surface area is 94.0 Å². The fraction of sp³-hybridized carbons (Fsp3) is 0.923. The van der Waals surface area contributed by atoms with E-state index in [1.165, 1.54) is 12.8 Å². The van der Waals surface area contributed by atoms with Crippen LogP contribution in [0.5, 0.6) is 0 Å². The highest BCUT2D eigenvalue weighted by molar-refractivity contribution is 5.85. The van der Waals surface area contributed by atoms with Crippen LogP contribution in [0.15, 0.2) is 0 Å². The molecule has 0 radical (unpaired) electrons. The number of likely N-dealkylation sites (tertiary alicyclic amines) is 1. The molecule has 0 spiro atoms. The molecule has 0 aromatic carbocycles. The summed E-state index contributed by atoms with van der Waals surface area (Å²) in [5.41, 5.74) is 0.192. The highest BCUT2D eigenvalue weighted by Gasteiger charge is 2.29. The van der Waals surface area contributed by atoms with Crippen molar-refractivity contribution in [1.29, 1.82) is 0 Å². The summed E-state index contributed by atoms with van der Waals surface area (Å²) in [6.07, 6.45) is 2.51. The lowest BCUT2D eigenvalue weighted by Crippen LogP contribution is -2.44. The minimum atomic E-state index is -0.193. The largest absolute Gasteiger partial charge is 0.298 e. The van der Waals surface area contributed by atoms with E-state index in [-0.39, 0.29) is 5.41 Å². The topological polar surface area (TPSA) is 20.3 Å². The van der Waals surface area contributed by atoms with Crippen LogP contribution in [0.4, 0.5) is 0 Å². The Morgan fingerprint density at radius 2 is 1.93 bits per heavy atom. The Kier molecular flexibility index (Phi) is 3.59. The summed E-state index contributed by atoms with van der Waals surface area (Å²) in [5, 5.41) is 0. The molecular weight excluding hydrogens is 186 g/mol. The van der Waals surface area contributed by atoms with Crippen LogP contribution in [0.1, 0.15) is 47.5 Å².